The minimum Gasteiger partial charge on any atom is -0.320 e. The molecule has 2 N–H and O–H groups in total. The molecule has 3 rings (SSSR count). The van der Waals surface area contributed by atoms with Crippen LogP contribution in [0.4, 0.5) is 5.69 Å². The first-order valence-electron chi connectivity index (χ1n) is 7.23. The predicted octanol–water partition coefficient (Wildman–Crippen LogP) is 4.60. The normalized spacial score (nSPS) is 10.6. The topological polar surface area (TPSA) is 57.8 Å². The van der Waals surface area contributed by atoms with Crippen molar-refractivity contribution in [1.82, 2.24) is 10.2 Å². The lowest BCUT2D eigenvalue weighted by Crippen LogP contribution is -2.13. The van der Waals surface area contributed by atoms with Crippen molar-refractivity contribution in [2.45, 2.75) is 13.8 Å². The van der Waals surface area contributed by atoms with Gasteiger partial charge in [-0.3, -0.25) is 9.89 Å². The number of aromatic nitrogens is 2. The standard InChI is InChI=1S/C18H16ClN3O/c1-11-4-3-5-15(12(11)2)20-18(23)17-10-16(21-22-17)13-6-8-14(19)9-7-13/h3-10H,1-2H3,(H,20,23)(H,21,22). The number of rotatable bonds is 3. The summed E-state index contributed by atoms with van der Waals surface area (Å²) in [5.41, 5.74) is 5.00. The molecule has 0 radical (unpaired) electrons. The molecule has 0 aliphatic heterocycles. The molecule has 3 aromatic rings. The van der Waals surface area contributed by atoms with Crippen LogP contribution in [-0.4, -0.2) is 16.1 Å². The zero-order valence-corrected chi connectivity index (χ0v) is 13.6. The van der Waals surface area contributed by atoms with E-state index in [1.165, 1.54) is 0 Å². The molecule has 1 aromatic heterocycles. The van der Waals surface area contributed by atoms with E-state index in [1.807, 2.05) is 44.2 Å². The molecule has 1 heterocycles. The van der Waals surface area contributed by atoms with Gasteiger partial charge in [-0.05, 0) is 49.2 Å². The Kier molecular flexibility index (Phi) is 4.17. The molecule has 0 atom stereocenters. The van der Waals surface area contributed by atoms with Gasteiger partial charge >= 0.3 is 0 Å². The van der Waals surface area contributed by atoms with Crippen LogP contribution >= 0.6 is 11.6 Å². The van der Waals surface area contributed by atoms with Crippen LogP contribution in [0.5, 0.6) is 0 Å². The number of hydrogen-bond donors (Lipinski definition) is 2. The lowest BCUT2D eigenvalue weighted by molar-refractivity contribution is 0.102. The Morgan fingerprint density at radius 3 is 2.61 bits per heavy atom. The first-order valence-corrected chi connectivity index (χ1v) is 7.61. The maximum atomic E-state index is 12.4. The van der Waals surface area contributed by atoms with Crippen molar-refractivity contribution in [2.24, 2.45) is 0 Å². The highest BCUT2D eigenvalue weighted by Gasteiger charge is 2.12. The Hall–Kier alpha value is -2.59. The molecule has 2 aromatic carbocycles. The van der Waals surface area contributed by atoms with Crippen LogP contribution in [0.15, 0.2) is 48.5 Å². The number of H-pyrrole nitrogens is 1. The summed E-state index contributed by atoms with van der Waals surface area (Å²) < 4.78 is 0. The summed E-state index contributed by atoms with van der Waals surface area (Å²) in [7, 11) is 0. The summed E-state index contributed by atoms with van der Waals surface area (Å²) in [5, 5.41) is 10.5. The maximum absolute atomic E-state index is 12.4. The highest BCUT2D eigenvalue weighted by molar-refractivity contribution is 6.30. The molecule has 0 bridgehead atoms. The Bertz CT molecular complexity index is 853. The fourth-order valence-corrected chi connectivity index (χ4v) is 2.41. The average Bonchev–Trinajstić information content (AvgIpc) is 3.02. The second kappa shape index (κ2) is 6.26. The average molecular weight is 326 g/mol. The van der Waals surface area contributed by atoms with Crippen LogP contribution in [-0.2, 0) is 0 Å². The molecule has 0 aliphatic rings. The highest BCUT2D eigenvalue weighted by Crippen LogP contribution is 2.22. The number of hydrogen-bond acceptors (Lipinski definition) is 2. The van der Waals surface area contributed by atoms with Gasteiger partial charge in [0.1, 0.15) is 5.69 Å². The molecule has 0 saturated heterocycles. The number of aryl methyl sites for hydroxylation is 1. The summed E-state index contributed by atoms with van der Waals surface area (Å²) in [6.07, 6.45) is 0. The Labute approximate surface area is 139 Å². The van der Waals surface area contributed by atoms with Gasteiger partial charge in [0, 0.05) is 16.3 Å². The molecule has 23 heavy (non-hydrogen) atoms. The third kappa shape index (κ3) is 3.27. The van der Waals surface area contributed by atoms with Crippen LogP contribution in [0.3, 0.4) is 0 Å². The van der Waals surface area contributed by atoms with E-state index in [-0.39, 0.29) is 5.91 Å². The maximum Gasteiger partial charge on any atom is 0.273 e. The molecule has 0 fully saturated rings. The number of nitrogens with zero attached hydrogens (tertiary/aromatic N) is 1. The van der Waals surface area contributed by atoms with Crippen molar-refractivity contribution in [3.8, 4) is 11.3 Å². The highest BCUT2D eigenvalue weighted by atomic mass is 35.5. The minimum atomic E-state index is -0.216. The van der Waals surface area contributed by atoms with Gasteiger partial charge in [0.15, 0.2) is 0 Å². The second-order valence-corrected chi connectivity index (χ2v) is 5.81. The van der Waals surface area contributed by atoms with Gasteiger partial charge < -0.3 is 5.32 Å². The van der Waals surface area contributed by atoms with Crippen molar-refractivity contribution in [1.29, 1.82) is 0 Å². The first kappa shape index (κ1) is 15.3. The first-order chi connectivity index (χ1) is 11.0. The lowest BCUT2D eigenvalue weighted by atomic mass is 10.1. The van der Waals surface area contributed by atoms with Gasteiger partial charge in [-0.2, -0.15) is 5.10 Å². The van der Waals surface area contributed by atoms with Crippen molar-refractivity contribution in [2.75, 3.05) is 5.32 Å². The van der Waals surface area contributed by atoms with Gasteiger partial charge in [0.2, 0.25) is 0 Å². The number of aromatic amines is 1. The van der Waals surface area contributed by atoms with E-state index in [0.717, 1.165) is 22.4 Å². The largest absolute Gasteiger partial charge is 0.320 e. The molecular formula is C18H16ClN3O. The Morgan fingerprint density at radius 1 is 1.13 bits per heavy atom. The molecule has 0 aliphatic carbocycles. The summed E-state index contributed by atoms with van der Waals surface area (Å²) in [6.45, 7) is 4.00. The summed E-state index contributed by atoms with van der Waals surface area (Å²) in [5.74, 6) is -0.216. The van der Waals surface area contributed by atoms with Crippen LogP contribution in [0.1, 0.15) is 21.6 Å². The number of benzene rings is 2. The molecule has 4 nitrogen and oxygen atoms in total. The van der Waals surface area contributed by atoms with Crippen molar-refractivity contribution < 1.29 is 4.79 Å². The Morgan fingerprint density at radius 2 is 1.87 bits per heavy atom. The smallest absolute Gasteiger partial charge is 0.273 e. The predicted molar refractivity (Wildman–Crippen MR) is 92.9 cm³/mol. The molecule has 0 unspecified atom stereocenters. The van der Waals surface area contributed by atoms with E-state index in [0.29, 0.717) is 16.4 Å². The van der Waals surface area contributed by atoms with Crippen molar-refractivity contribution in [3.63, 3.8) is 0 Å². The van der Waals surface area contributed by atoms with E-state index >= 15 is 0 Å². The number of nitrogens with one attached hydrogen (secondary N) is 2. The van der Waals surface area contributed by atoms with E-state index in [4.69, 9.17) is 11.6 Å². The molecule has 0 saturated carbocycles. The van der Waals surface area contributed by atoms with Gasteiger partial charge in [-0.1, -0.05) is 35.9 Å². The van der Waals surface area contributed by atoms with Gasteiger partial charge in [0.05, 0.1) is 5.69 Å². The fraction of sp³-hybridized carbons (Fsp3) is 0.111. The number of carbonyl (C=O) groups is 1. The van der Waals surface area contributed by atoms with Gasteiger partial charge in [0.25, 0.3) is 5.91 Å². The molecule has 5 heteroatoms. The quantitative estimate of drug-likeness (QED) is 0.739. The second-order valence-electron chi connectivity index (χ2n) is 5.38. The van der Waals surface area contributed by atoms with Crippen molar-refractivity contribution in [3.05, 3.63) is 70.4 Å². The molecule has 0 spiro atoms. The number of halogens is 1. The van der Waals surface area contributed by atoms with Crippen LogP contribution in [0.25, 0.3) is 11.3 Å². The van der Waals surface area contributed by atoms with Gasteiger partial charge in [-0.25, -0.2) is 0 Å². The van der Waals surface area contributed by atoms with Crippen LogP contribution in [0, 0.1) is 13.8 Å². The Balaban J connectivity index is 1.81. The minimum absolute atomic E-state index is 0.216. The van der Waals surface area contributed by atoms with Gasteiger partial charge in [-0.15, -0.1) is 0 Å². The van der Waals surface area contributed by atoms with Crippen LogP contribution in [0.2, 0.25) is 5.02 Å². The number of carbonyl (C=O) groups excluding carboxylic acids is 1. The number of amides is 1. The molecule has 1 amide bonds. The zero-order chi connectivity index (χ0) is 16.4. The third-order valence-electron chi connectivity index (χ3n) is 3.82. The van der Waals surface area contributed by atoms with E-state index < -0.39 is 0 Å². The summed E-state index contributed by atoms with van der Waals surface area (Å²) in [6, 6.07) is 14.9. The monoisotopic (exact) mass is 325 g/mol. The summed E-state index contributed by atoms with van der Waals surface area (Å²) >= 11 is 5.88. The third-order valence-corrected chi connectivity index (χ3v) is 4.07. The van der Waals surface area contributed by atoms with E-state index in [9.17, 15) is 4.79 Å². The van der Waals surface area contributed by atoms with Crippen molar-refractivity contribution >= 4 is 23.2 Å². The lowest BCUT2D eigenvalue weighted by Gasteiger charge is -2.09. The number of anilines is 1. The van der Waals surface area contributed by atoms with Crippen LogP contribution < -0.4 is 5.32 Å². The summed E-state index contributed by atoms with van der Waals surface area (Å²) in [4.78, 5) is 12.4. The van der Waals surface area contributed by atoms with E-state index in [2.05, 4.69) is 15.5 Å². The fourth-order valence-electron chi connectivity index (χ4n) is 2.28. The van der Waals surface area contributed by atoms with E-state index in [1.54, 1.807) is 18.2 Å². The zero-order valence-electron chi connectivity index (χ0n) is 12.9. The molecule has 116 valence electrons. The SMILES string of the molecule is Cc1cccc(NC(=O)c2cc(-c3ccc(Cl)cc3)n[nH]2)c1C. The molecular weight excluding hydrogens is 310 g/mol.